The molecule has 0 radical (unpaired) electrons. The zero-order valence-electron chi connectivity index (χ0n) is 5.64. The van der Waals surface area contributed by atoms with E-state index in [4.69, 9.17) is 5.73 Å². The number of fused-ring (bicyclic) bond motifs is 2. The second-order valence-corrected chi connectivity index (χ2v) is 3.42. The van der Waals surface area contributed by atoms with E-state index in [0.717, 1.165) is 18.4 Å². The van der Waals surface area contributed by atoms with Crippen LogP contribution in [-0.2, 0) is 0 Å². The van der Waals surface area contributed by atoms with Crippen molar-refractivity contribution in [2.24, 2.45) is 17.6 Å². The van der Waals surface area contributed by atoms with Crippen molar-refractivity contribution in [3.8, 4) is 0 Å². The summed E-state index contributed by atoms with van der Waals surface area (Å²) in [7, 11) is 0. The first-order valence-corrected chi connectivity index (χ1v) is 3.82. The van der Waals surface area contributed by atoms with Crippen molar-refractivity contribution in [2.75, 3.05) is 13.1 Å². The van der Waals surface area contributed by atoms with Crippen LogP contribution in [0.3, 0.4) is 0 Å². The molecule has 1 saturated heterocycles. The summed E-state index contributed by atoms with van der Waals surface area (Å²) in [6.45, 7) is 2.38. The van der Waals surface area contributed by atoms with Crippen molar-refractivity contribution in [1.82, 2.24) is 5.32 Å². The van der Waals surface area contributed by atoms with Gasteiger partial charge in [0.2, 0.25) is 0 Å². The molecule has 3 atom stereocenters. The standard InChI is InChI=1S/C7H14N2/c8-7-2-5-1-6(7)4-9-3-5/h5-7,9H,1-4,8H2/t5-,6-,7-/m1/s1. The molecule has 1 saturated carbocycles. The van der Waals surface area contributed by atoms with Gasteiger partial charge in [0.15, 0.2) is 0 Å². The van der Waals surface area contributed by atoms with Crippen LogP contribution in [0.1, 0.15) is 12.8 Å². The van der Waals surface area contributed by atoms with Gasteiger partial charge in [0.1, 0.15) is 0 Å². The molecule has 2 bridgehead atoms. The molecule has 0 aromatic heterocycles. The van der Waals surface area contributed by atoms with E-state index in [2.05, 4.69) is 5.32 Å². The highest BCUT2D eigenvalue weighted by Gasteiger charge is 2.34. The zero-order chi connectivity index (χ0) is 6.27. The van der Waals surface area contributed by atoms with Crippen LogP contribution in [0.5, 0.6) is 0 Å². The number of rotatable bonds is 0. The van der Waals surface area contributed by atoms with Gasteiger partial charge in [-0.1, -0.05) is 0 Å². The Balaban J connectivity index is 2.07. The molecule has 0 amide bonds. The number of hydrogen-bond donors (Lipinski definition) is 2. The minimum atomic E-state index is 0.505. The fraction of sp³-hybridized carbons (Fsp3) is 1.00. The third-order valence-electron chi connectivity index (χ3n) is 2.69. The molecule has 2 heteroatoms. The van der Waals surface area contributed by atoms with Gasteiger partial charge >= 0.3 is 0 Å². The predicted molar refractivity (Wildman–Crippen MR) is 37.1 cm³/mol. The first-order chi connectivity index (χ1) is 4.36. The van der Waals surface area contributed by atoms with Crippen LogP contribution in [0.2, 0.25) is 0 Å². The van der Waals surface area contributed by atoms with Crippen LogP contribution in [0.15, 0.2) is 0 Å². The van der Waals surface area contributed by atoms with Gasteiger partial charge in [0, 0.05) is 6.04 Å². The molecule has 1 aliphatic carbocycles. The van der Waals surface area contributed by atoms with E-state index in [-0.39, 0.29) is 0 Å². The maximum absolute atomic E-state index is 5.88. The van der Waals surface area contributed by atoms with Crippen molar-refractivity contribution >= 4 is 0 Å². The molecule has 1 heterocycles. The number of nitrogens with one attached hydrogen (secondary N) is 1. The van der Waals surface area contributed by atoms with E-state index in [1.165, 1.54) is 19.4 Å². The summed E-state index contributed by atoms with van der Waals surface area (Å²) in [5.41, 5.74) is 5.88. The summed E-state index contributed by atoms with van der Waals surface area (Å²) < 4.78 is 0. The van der Waals surface area contributed by atoms with Crippen molar-refractivity contribution in [2.45, 2.75) is 18.9 Å². The summed E-state index contributed by atoms with van der Waals surface area (Å²) in [6, 6.07) is 0.505. The summed E-state index contributed by atoms with van der Waals surface area (Å²) in [6.07, 6.45) is 2.64. The van der Waals surface area contributed by atoms with Crippen LogP contribution in [0.25, 0.3) is 0 Å². The summed E-state index contributed by atoms with van der Waals surface area (Å²) in [5.74, 6) is 1.70. The Labute approximate surface area is 55.8 Å². The fourth-order valence-electron chi connectivity index (χ4n) is 2.15. The number of piperidine rings is 1. The first kappa shape index (κ1) is 5.69. The fourth-order valence-corrected chi connectivity index (χ4v) is 2.15. The molecule has 2 nitrogen and oxygen atoms in total. The maximum Gasteiger partial charge on any atom is 0.00825 e. The van der Waals surface area contributed by atoms with Gasteiger partial charge in [-0.3, -0.25) is 0 Å². The van der Waals surface area contributed by atoms with E-state index in [1.54, 1.807) is 0 Å². The van der Waals surface area contributed by atoms with Crippen molar-refractivity contribution in [1.29, 1.82) is 0 Å². The van der Waals surface area contributed by atoms with Crippen LogP contribution >= 0.6 is 0 Å². The molecule has 0 aromatic rings. The molecular weight excluding hydrogens is 112 g/mol. The lowest BCUT2D eigenvalue weighted by molar-refractivity contribution is 0.370. The van der Waals surface area contributed by atoms with E-state index in [0.29, 0.717) is 6.04 Å². The van der Waals surface area contributed by atoms with Gasteiger partial charge in [0.25, 0.3) is 0 Å². The third kappa shape index (κ3) is 0.864. The molecule has 0 spiro atoms. The molecule has 1 aliphatic heterocycles. The average Bonchev–Trinajstić information content (AvgIpc) is 2.09. The smallest absolute Gasteiger partial charge is 0.00825 e. The number of nitrogens with two attached hydrogens (primary N) is 1. The Morgan fingerprint density at radius 1 is 1.22 bits per heavy atom. The summed E-state index contributed by atoms with van der Waals surface area (Å²) in [4.78, 5) is 0. The van der Waals surface area contributed by atoms with Crippen LogP contribution in [-0.4, -0.2) is 19.1 Å². The summed E-state index contributed by atoms with van der Waals surface area (Å²) >= 11 is 0. The second kappa shape index (κ2) is 1.96. The molecule has 0 aromatic carbocycles. The summed E-state index contributed by atoms with van der Waals surface area (Å²) in [5, 5.41) is 3.40. The topological polar surface area (TPSA) is 38.0 Å². The highest BCUT2D eigenvalue weighted by molar-refractivity contribution is 4.91. The van der Waals surface area contributed by atoms with Gasteiger partial charge in [-0.2, -0.15) is 0 Å². The van der Waals surface area contributed by atoms with Crippen molar-refractivity contribution in [3.63, 3.8) is 0 Å². The highest BCUT2D eigenvalue weighted by Crippen LogP contribution is 2.31. The zero-order valence-corrected chi connectivity index (χ0v) is 5.64. The number of hydrogen-bond acceptors (Lipinski definition) is 2. The second-order valence-electron chi connectivity index (χ2n) is 3.42. The van der Waals surface area contributed by atoms with Crippen LogP contribution in [0, 0.1) is 11.8 Å². The quantitative estimate of drug-likeness (QED) is 0.477. The molecule has 2 rings (SSSR count). The Morgan fingerprint density at radius 3 is 2.78 bits per heavy atom. The van der Waals surface area contributed by atoms with E-state index in [1.807, 2.05) is 0 Å². The lowest BCUT2D eigenvalue weighted by Crippen LogP contribution is -2.34. The molecule has 9 heavy (non-hydrogen) atoms. The third-order valence-corrected chi connectivity index (χ3v) is 2.69. The SMILES string of the molecule is N[C@@H]1C[C@@H]2CNC[C@H]1C2. The predicted octanol–water partition coefficient (Wildman–Crippen LogP) is -0.0569. The largest absolute Gasteiger partial charge is 0.327 e. The van der Waals surface area contributed by atoms with E-state index in [9.17, 15) is 0 Å². The van der Waals surface area contributed by atoms with Gasteiger partial charge in [-0.25, -0.2) is 0 Å². The van der Waals surface area contributed by atoms with Gasteiger partial charge in [-0.15, -0.1) is 0 Å². The average molecular weight is 126 g/mol. The lowest BCUT2D eigenvalue weighted by Gasteiger charge is -2.20. The monoisotopic (exact) mass is 126 g/mol. The minimum absolute atomic E-state index is 0.505. The minimum Gasteiger partial charge on any atom is -0.327 e. The van der Waals surface area contributed by atoms with Gasteiger partial charge in [-0.05, 0) is 37.8 Å². The maximum atomic E-state index is 5.88. The van der Waals surface area contributed by atoms with Crippen molar-refractivity contribution in [3.05, 3.63) is 0 Å². The van der Waals surface area contributed by atoms with Gasteiger partial charge in [0.05, 0.1) is 0 Å². The normalized spacial score (nSPS) is 49.7. The lowest BCUT2D eigenvalue weighted by atomic mass is 10.0. The van der Waals surface area contributed by atoms with Gasteiger partial charge < -0.3 is 11.1 Å². The van der Waals surface area contributed by atoms with E-state index >= 15 is 0 Å². The molecule has 0 unspecified atom stereocenters. The Hall–Kier alpha value is -0.0800. The Morgan fingerprint density at radius 2 is 2.11 bits per heavy atom. The molecule has 2 aliphatic rings. The Bertz CT molecular complexity index is 111. The van der Waals surface area contributed by atoms with Crippen LogP contribution in [0.4, 0.5) is 0 Å². The molecular formula is C7H14N2. The Kier molecular flexibility index (Phi) is 1.24. The van der Waals surface area contributed by atoms with E-state index < -0.39 is 0 Å². The van der Waals surface area contributed by atoms with Crippen LogP contribution < -0.4 is 11.1 Å². The molecule has 52 valence electrons. The first-order valence-electron chi connectivity index (χ1n) is 3.82. The molecule has 3 N–H and O–H groups in total. The highest BCUT2D eigenvalue weighted by atomic mass is 14.9. The van der Waals surface area contributed by atoms with Crippen molar-refractivity contribution < 1.29 is 0 Å². The molecule has 2 fully saturated rings.